The molecule has 27 heavy (non-hydrogen) atoms. The van der Waals surface area contributed by atoms with E-state index >= 15 is 0 Å². The highest BCUT2D eigenvalue weighted by atomic mass is 14.5. The first-order chi connectivity index (χ1) is 13.3. The molecule has 0 nitrogen and oxygen atoms in total. The first-order valence-electron chi connectivity index (χ1n) is 10.3. The highest BCUT2D eigenvalue weighted by Crippen LogP contribution is 2.55. The molecule has 0 unspecified atom stereocenters. The quantitative estimate of drug-likeness (QED) is 0.566. The summed E-state index contributed by atoms with van der Waals surface area (Å²) in [7, 11) is 0. The Hall–Kier alpha value is -2.60. The smallest absolute Gasteiger partial charge is 0.00994 e. The lowest BCUT2D eigenvalue weighted by Crippen LogP contribution is -2.22. The van der Waals surface area contributed by atoms with Crippen molar-refractivity contribution in [2.75, 3.05) is 0 Å². The van der Waals surface area contributed by atoms with Crippen molar-refractivity contribution in [1.82, 2.24) is 0 Å². The lowest BCUT2D eigenvalue weighted by Gasteiger charge is -2.22. The normalized spacial score (nSPS) is 27.0. The zero-order chi connectivity index (χ0) is 17.8. The van der Waals surface area contributed by atoms with Crippen LogP contribution in [-0.2, 0) is 0 Å². The van der Waals surface area contributed by atoms with E-state index < -0.39 is 0 Å². The van der Waals surface area contributed by atoms with Crippen molar-refractivity contribution in [3.63, 3.8) is 0 Å². The molecule has 6 rings (SSSR count). The molecule has 3 aromatic rings. The maximum absolute atomic E-state index is 2.62. The molecule has 2 fully saturated rings. The third-order valence-corrected chi connectivity index (χ3v) is 7.10. The Bertz CT molecular complexity index is 1200. The van der Waals surface area contributed by atoms with Crippen LogP contribution in [0, 0.1) is 11.3 Å². The molecule has 3 aromatic carbocycles. The maximum atomic E-state index is 2.62. The standard InChI is InChI=1S/C27H24/c1-2-5-22-16-24(9-8-21(22)4-1)25-7-3-6-23-14-20(15-26(23)25)18-27-12-10-19(17-27)11-13-27/h1-9,14-16,18-19H,10-13,17H2. The summed E-state index contributed by atoms with van der Waals surface area (Å²) in [6.45, 7) is 0. The molecule has 0 amide bonds. The van der Waals surface area contributed by atoms with Crippen LogP contribution >= 0.6 is 0 Å². The van der Waals surface area contributed by atoms with E-state index in [1.165, 1.54) is 70.0 Å². The van der Waals surface area contributed by atoms with Crippen molar-refractivity contribution in [2.45, 2.75) is 32.1 Å². The SMILES string of the molecule is C(=C1C=c2cccc(-c3ccc4ccccc4c3)c2=C1)C12CCC(CC1)C2. The van der Waals surface area contributed by atoms with Gasteiger partial charge in [-0.2, -0.15) is 0 Å². The van der Waals surface area contributed by atoms with Gasteiger partial charge in [0.25, 0.3) is 0 Å². The molecule has 132 valence electrons. The summed E-state index contributed by atoms with van der Waals surface area (Å²) in [5.74, 6) is 0.999. The van der Waals surface area contributed by atoms with E-state index in [0.29, 0.717) is 5.41 Å². The average molecular weight is 348 g/mol. The summed E-state index contributed by atoms with van der Waals surface area (Å²) in [5, 5.41) is 5.38. The second kappa shape index (κ2) is 5.70. The summed E-state index contributed by atoms with van der Waals surface area (Å²) in [4.78, 5) is 0. The van der Waals surface area contributed by atoms with Crippen molar-refractivity contribution in [2.24, 2.45) is 11.3 Å². The van der Waals surface area contributed by atoms with Crippen molar-refractivity contribution in [3.8, 4) is 11.1 Å². The zero-order valence-electron chi connectivity index (χ0n) is 15.6. The van der Waals surface area contributed by atoms with Gasteiger partial charge in [-0.05, 0) is 99.6 Å². The molecule has 2 bridgehead atoms. The maximum Gasteiger partial charge on any atom is -0.00994 e. The predicted octanol–water partition coefficient (Wildman–Crippen LogP) is 5.59. The number of hydrogen-bond acceptors (Lipinski definition) is 0. The van der Waals surface area contributed by atoms with E-state index in [1.54, 1.807) is 0 Å². The van der Waals surface area contributed by atoms with Crippen molar-refractivity contribution >= 4 is 22.9 Å². The number of hydrogen-bond donors (Lipinski definition) is 0. The Morgan fingerprint density at radius 3 is 2.48 bits per heavy atom. The van der Waals surface area contributed by atoms with E-state index in [-0.39, 0.29) is 0 Å². The van der Waals surface area contributed by atoms with Crippen LogP contribution in [-0.4, -0.2) is 0 Å². The second-order valence-electron chi connectivity index (χ2n) is 8.81. The molecule has 0 heterocycles. The summed E-state index contributed by atoms with van der Waals surface area (Å²) in [6.07, 6.45) is 14.6. The van der Waals surface area contributed by atoms with Crippen LogP contribution in [0.4, 0.5) is 0 Å². The molecule has 0 N–H and O–H groups in total. The molecule has 2 saturated carbocycles. The Labute approximate surface area is 160 Å². The van der Waals surface area contributed by atoms with Gasteiger partial charge in [0.1, 0.15) is 0 Å². The summed E-state index contributed by atoms with van der Waals surface area (Å²) in [6, 6.07) is 22.2. The molecule has 0 aromatic heterocycles. The zero-order valence-corrected chi connectivity index (χ0v) is 15.6. The first-order valence-corrected chi connectivity index (χ1v) is 10.3. The summed E-state index contributed by atoms with van der Waals surface area (Å²) < 4.78 is 0. The van der Waals surface area contributed by atoms with Crippen LogP contribution < -0.4 is 10.4 Å². The minimum absolute atomic E-state index is 0.498. The first kappa shape index (κ1) is 15.5. The van der Waals surface area contributed by atoms with Gasteiger partial charge < -0.3 is 0 Å². The third kappa shape index (κ3) is 2.51. The minimum Gasteiger partial charge on any atom is -0.0710 e. The van der Waals surface area contributed by atoms with E-state index in [9.17, 15) is 0 Å². The Balaban J connectivity index is 1.48. The average Bonchev–Trinajstić information content (AvgIpc) is 3.41. The van der Waals surface area contributed by atoms with E-state index in [2.05, 4.69) is 78.9 Å². The fraction of sp³-hybridized carbons (Fsp3) is 0.259. The second-order valence-corrected chi connectivity index (χ2v) is 8.81. The van der Waals surface area contributed by atoms with E-state index in [4.69, 9.17) is 0 Å². The van der Waals surface area contributed by atoms with Crippen LogP contribution in [0.2, 0.25) is 0 Å². The van der Waals surface area contributed by atoms with Crippen LogP contribution in [0.15, 0.2) is 72.3 Å². The number of fused-ring (bicyclic) bond motifs is 4. The highest BCUT2D eigenvalue weighted by molar-refractivity contribution is 5.88. The van der Waals surface area contributed by atoms with Crippen molar-refractivity contribution in [1.29, 1.82) is 0 Å². The lowest BCUT2D eigenvalue weighted by atomic mass is 9.82. The van der Waals surface area contributed by atoms with Gasteiger partial charge in [0.2, 0.25) is 0 Å². The molecular formula is C27H24. The van der Waals surface area contributed by atoms with Crippen LogP contribution in [0.5, 0.6) is 0 Å². The van der Waals surface area contributed by atoms with E-state index in [0.717, 1.165) is 5.92 Å². The van der Waals surface area contributed by atoms with Gasteiger partial charge in [0.15, 0.2) is 0 Å². The van der Waals surface area contributed by atoms with Gasteiger partial charge in [-0.15, -0.1) is 0 Å². The Kier molecular flexibility index (Phi) is 3.26. The Morgan fingerprint density at radius 1 is 0.815 bits per heavy atom. The molecule has 3 aliphatic carbocycles. The molecular weight excluding hydrogens is 324 g/mol. The minimum atomic E-state index is 0.498. The molecule has 0 heteroatoms. The van der Waals surface area contributed by atoms with Crippen molar-refractivity contribution < 1.29 is 0 Å². The monoisotopic (exact) mass is 348 g/mol. The predicted molar refractivity (Wildman–Crippen MR) is 115 cm³/mol. The number of allylic oxidation sites excluding steroid dienone is 2. The van der Waals surface area contributed by atoms with Gasteiger partial charge in [0.05, 0.1) is 0 Å². The number of benzene rings is 3. The molecule has 0 saturated heterocycles. The van der Waals surface area contributed by atoms with E-state index in [1.807, 2.05) is 0 Å². The van der Waals surface area contributed by atoms with Gasteiger partial charge >= 0.3 is 0 Å². The summed E-state index contributed by atoms with van der Waals surface area (Å²) in [5.41, 5.74) is 4.60. The third-order valence-electron chi connectivity index (χ3n) is 7.10. The molecule has 3 aliphatic rings. The van der Waals surface area contributed by atoms with Gasteiger partial charge in [-0.1, -0.05) is 60.7 Å². The van der Waals surface area contributed by atoms with Crippen LogP contribution in [0.3, 0.4) is 0 Å². The fourth-order valence-corrected chi connectivity index (χ4v) is 5.74. The van der Waals surface area contributed by atoms with Crippen LogP contribution in [0.1, 0.15) is 32.1 Å². The molecule has 0 atom stereocenters. The lowest BCUT2D eigenvalue weighted by molar-refractivity contribution is 0.383. The van der Waals surface area contributed by atoms with Gasteiger partial charge in [-0.25, -0.2) is 0 Å². The topological polar surface area (TPSA) is 0 Å². The highest BCUT2D eigenvalue weighted by Gasteiger charge is 2.43. The molecule has 0 radical (unpaired) electrons. The fourth-order valence-electron chi connectivity index (χ4n) is 5.74. The van der Waals surface area contributed by atoms with Gasteiger partial charge in [-0.3, -0.25) is 0 Å². The largest absolute Gasteiger partial charge is 0.0710 e. The molecule has 0 aliphatic heterocycles. The summed E-state index contributed by atoms with van der Waals surface area (Å²) >= 11 is 0. The van der Waals surface area contributed by atoms with Crippen molar-refractivity contribution in [3.05, 3.63) is 82.8 Å². The van der Waals surface area contributed by atoms with Crippen LogP contribution in [0.25, 0.3) is 34.1 Å². The number of rotatable bonds is 2. The Morgan fingerprint density at radius 2 is 1.67 bits per heavy atom. The molecule has 0 spiro atoms. The van der Waals surface area contributed by atoms with Gasteiger partial charge in [0, 0.05) is 0 Å².